The predicted octanol–water partition coefficient (Wildman–Crippen LogP) is 2.61. The van der Waals surface area contributed by atoms with E-state index in [0.717, 1.165) is 0 Å². The number of tetrazole rings is 1. The highest BCUT2D eigenvalue weighted by Crippen LogP contribution is 2.20. The number of carbonyl (C=O) groups is 3. The van der Waals surface area contributed by atoms with E-state index in [1.165, 1.54) is 41.4 Å². The van der Waals surface area contributed by atoms with Crippen molar-refractivity contribution >= 4 is 41.1 Å². The molecule has 4 aromatic rings. The molecule has 0 fully saturated rings. The number of hydrogen-bond donors (Lipinski definition) is 3. The molecular formula is C25H23ClN8O4. The van der Waals surface area contributed by atoms with Crippen molar-refractivity contribution in [3.8, 4) is 5.69 Å². The first-order chi connectivity index (χ1) is 18.3. The number of benzene rings is 2. The fourth-order valence-corrected chi connectivity index (χ4v) is 3.74. The molecule has 2 aromatic carbocycles. The maximum atomic E-state index is 13.1. The molecule has 12 nitrogen and oxygen atoms in total. The van der Waals surface area contributed by atoms with Crippen molar-refractivity contribution in [1.82, 2.24) is 35.3 Å². The standard InChI is InChI=1S/C25H23ClN8O4/c1-2-33-12-11-20(30-33)14-21(24(36)28-19-7-3-16(4-8-19)25(37)38)29-23(35)10-5-17-13-18(26)6-9-22(17)34-15-27-31-32-34/h3-13,15,21H,2,14H2,1H3,(H,28,36)(H,29,35)(H,37,38)/b10-5+/t21-/m0/s1. The average molecular weight is 535 g/mol. The number of carbonyl (C=O) groups excluding carboxylic acids is 2. The van der Waals surface area contributed by atoms with Gasteiger partial charge in [-0.1, -0.05) is 11.6 Å². The fraction of sp³-hybridized carbons (Fsp3) is 0.160. The van der Waals surface area contributed by atoms with Gasteiger partial charge < -0.3 is 15.7 Å². The second-order valence-corrected chi connectivity index (χ2v) is 8.53. The summed E-state index contributed by atoms with van der Waals surface area (Å²) in [6.07, 6.45) is 6.17. The van der Waals surface area contributed by atoms with Crippen LogP contribution in [0.4, 0.5) is 5.69 Å². The van der Waals surface area contributed by atoms with Crippen LogP contribution in [0.1, 0.15) is 28.5 Å². The number of amides is 2. The lowest BCUT2D eigenvalue weighted by Gasteiger charge is -2.17. The molecule has 2 aromatic heterocycles. The number of nitrogens with zero attached hydrogens (tertiary/aromatic N) is 6. The zero-order chi connectivity index (χ0) is 27.1. The number of aromatic nitrogens is 6. The Morgan fingerprint density at radius 3 is 2.58 bits per heavy atom. The van der Waals surface area contributed by atoms with Crippen molar-refractivity contribution < 1.29 is 19.5 Å². The molecule has 0 unspecified atom stereocenters. The van der Waals surface area contributed by atoms with Gasteiger partial charge in [0.15, 0.2) is 0 Å². The second-order valence-electron chi connectivity index (χ2n) is 8.09. The molecule has 0 radical (unpaired) electrons. The smallest absolute Gasteiger partial charge is 0.335 e. The number of aryl methyl sites for hydroxylation is 1. The summed E-state index contributed by atoms with van der Waals surface area (Å²) in [7, 11) is 0. The highest BCUT2D eigenvalue weighted by atomic mass is 35.5. The van der Waals surface area contributed by atoms with Crippen LogP contribution in [-0.2, 0) is 22.6 Å². The van der Waals surface area contributed by atoms with Crippen LogP contribution in [0.25, 0.3) is 11.8 Å². The molecule has 1 atom stereocenters. The minimum Gasteiger partial charge on any atom is -0.478 e. The Bertz CT molecular complexity index is 1470. The third-order valence-electron chi connectivity index (χ3n) is 5.47. The molecule has 0 aliphatic rings. The molecule has 0 aliphatic carbocycles. The van der Waals surface area contributed by atoms with Gasteiger partial charge in [-0.25, -0.2) is 4.79 Å². The van der Waals surface area contributed by atoms with Crippen molar-refractivity contribution in [2.45, 2.75) is 25.9 Å². The monoisotopic (exact) mass is 534 g/mol. The van der Waals surface area contributed by atoms with Crippen LogP contribution in [0.2, 0.25) is 5.02 Å². The Kier molecular flexibility index (Phi) is 8.23. The van der Waals surface area contributed by atoms with Crippen LogP contribution in [0.3, 0.4) is 0 Å². The molecule has 0 saturated heterocycles. The van der Waals surface area contributed by atoms with E-state index in [1.54, 1.807) is 41.2 Å². The molecule has 4 rings (SSSR count). The van der Waals surface area contributed by atoms with E-state index in [2.05, 4.69) is 31.3 Å². The Balaban J connectivity index is 1.52. The molecule has 0 spiro atoms. The average Bonchev–Trinajstić information content (AvgIpc) is 3.60. The molecule has 0 saturated carbocycles. The summed E-state index contributed by atoms with van der Waals surface area (Å²) in [6, 6.07) is 11.6. The van der Waals surface area contributed by atoms with E-state index >= 15 is 0 Å². The molecule has 0 bridgehead atoms. The van der Waals surface area contributed by atoms with Crippen LogP contribution < -0.4 is 10.6 Å². The number of aromatic carboxylic acids is 1. The zero-order valence-corrected chi connectivity index (χ0v) is 20.9. The molecule has 38 heavy (non-hydrogen) atoms. The molecule has 0 aliphatic heterocycles. The van der Waals surface area contributed by atoms with Gasteiger partial charge in [0.2, 0.25) is 11.8 Å². The van der Waals surface area contributed by atoms with Gasteiger partial charge >= 0.3 is 5.97 Å². The molecule has 2 amide bonds. The number of hydrogen-bond acceptors (Lipinski definition) is 7. The minimum atomic E-state index is -1.07. The lowest BCUT2D eigenvalue weighted by molar-refractivity contribution is -0.123. The quantitative estimate of drug-likeness (QED) is 0.262. The van der Waals surface area contributed by atoms with Crippen molar-refractivity contribution in [2.24, 2.45) is 0 Å². The number of rotatable bonds is 10. The van der Waals surface area contributed by atoms with Crippen LogP contribution in [0.5, 0.6) is 0 Å². The number of carboxylic acid groups (broad SMARTS) is 1. The van der Waals surface area contributed by atoms with Gasteiger partial charge in [0.05, 0.1) is 16.9 Å². The summed E-state index contributed by atoms with van der Waals surface area (Å²) in [4.78, 5) is 37.1. The van der Waals surface area contributed by atoms with Gasteiger partial charge in [-0.15, -0.1) is 5.10 Å². The Labute approximate surface area is 221 Å². The van der Waals surface area contributed by atoms with Crippen molar-refractivity contribution in [3.63, 3.8) is 0 Å². The number of carboxylic acids is 1. The van der Waals surface area contributed by atoms with Crippen LogP contribution in [0.15, 0.2) is 67.1 Å². The van der Waals surface area contributed by atoms with Crippen molar-refractivity contribution in [3.05, 3.63) is 89.0 Å². The summed E-state index contributed by atoms with van der Waals surface area (Å²) < 4.78 is 3.15. The lowest BCUT2D eigenvalue weighted by atomic mass is 10.1. The van der Waals surface area contributed by atoms with Gasteiger partial charge in [-0.2, -0.15) is 9.78 Å². The van der Waals surface area contributed by atoms with Crippen LogP contribution in [0, 0.1) is 0 Å². The molecular weight excluding hydrogens is 512 g/mol. The van der Waals surface area contributed by atoms with E-state index in [4.69, 9.17) is 16.7 Å². The molecule has 194 valence electrons. The van der Waals surface area contributed by atoms with E-state index in [-0.39, 0.29) is 12.0 Å². The third kappa shape index (κ3) is 6.68. The Hall–Kier alpha value is -4.84. The Morgan fingerprint density at radius 1 is 1.13 bits per heavy atom. The highest BCUT2D eigenvalue weighted by Gasteiger charge is 2.22. The number of nitrogens with one attached hydrogen (secondary N) is 2. The number of halogens is 1. The van der Waals surface area contributed by atoms with Gasteiger partial charge in [0, 0.05) is 41.5 Å². The normalized spacial score (nSPS) is 11.8. The minimum absolute atomic E-state index is 0.0881. The summed E-state index contributed by atoms with van der Waals surface area (Å²) in [6.45, 7) is 2.60. The summed E-state index contributed by atoms with van der Waals surface area (Å²) in [5.74, 6) is -2.09. The molecule has 2 heterocycles. The predicted molar refractivity (Wildman–Crippen MR) is 139 cm³/mol. The third-order valence-corrected chi connectivity index (χ3v) is 5.70. The maximum Gasteiger partial charge on any atom is 0.335 e. The first-order valence-corrected chi connectivity index (χ1v) is 11.9. The van der Waals surface area contributed by atoms with Crippen molar-refractivity contribution in [1.29, 1.82) is 0 Å². The van der Waals surface area contributed by atoms with Gasteiger partial charge in [0.25, 0.3) is 0 Å². The number of anilines is 1. The summed E-state index contributed by atoms with van der Waals surface area (Å²) >= 11 is 6.14. The second kappa shape index (κ2) is 11.9. The largest absolute Gasteiger partial charge is 0.478 e. The first kappa shape index (κ1) is 26.2. The van der Waals surface area contributed by atoms with Crippen LogP contribution >= 0.6 is 11.6 Å². The first-order valence-electron chi connectivity index (χ1n) is 11.5. The van der Waals surface area contributed by atoms with E-state index < -0.39 is 23.8 Å². The Morgan fingerprint density at radius 2 is 1.92 bits per heavy atom. The van der Waals surface area contributed by atoms with Gasteiger partial charge in [-0.05, 0) is 72.0 Å². The SMILES string of the molecule is CCn1ccc(C[C@H](NC(=O)/C=C/c2cc(Cl)ccc2-n2cnnn2)C(=O)Nc2ccc(C(=O)O)cc2)n1. The van der Waals surface area contributed by atoms with E-state index in [9.17, 15) is 14.4 Å². The van der Waals surface area contributed by atoms with Gasteiger partial charge in [-0.3, -0.25) is 14.3 Å². The van der Waals surface area contributed by atoms with E-state index in [0.29, 0.717) is 34.2 Å². The van der Waals surface area contributed by atoms with E-state index in [1.807, 2.05) is 6.92 Å². The molecule has 3 N–H and O–H groups in total. The highest BCUT2D eigenvalue weighted by molar-refractivity contribution is 6.30. The topological polar surface area (TPSA) is 157 Å². The zero-order valence-electron chi connectivity index (χ0n) is 20.2. The van der Waals surface area contributed by atoms with Crippen LogP contribution in [-0.4, -0.2) is 58.9 Å². The summed E-state index contributed by atoms with van der Waals surface area (Å²) in [5.41, 5.74) is 2.28. The molecule has 13 heteroatoms. The summed E-state index contributed by atoms with van der Waals surface area (Å²) in [5, 5.41) is 30.5. The fourth-order valence-electron chi connectivity index (χ4n) is 3.56. The van der Waals surface area contributed by atoms with Crippen molar-refractivity contribution in [2.75, 3.05) is 5.32 Å². The van der Waals surface area contributed by atoms with Gasteiger partial charge in [0.1, 0.15) is 12.4 Å². The maximum absolute atomic E-state index is 13.1. The lowest BCUT2D eigenvalue weighted by Crippen LogP contribution is -2.44.